The third-order valence-corrected chi connectivity index (χ3v) is 2.38. The second-order valence-electron chi connectivity index (χ2n) is 3.28. The van der Waals surface area contributed by atoms with E-state index in [0.717, 1.165) is 11.3 Å². The molecule has 0 aliphatic rings. The molecule has 0 amide bonds. The van der Waals surface area contributed by atoms with Crippen molar-refractivity contribution in [2.45, 2.75) is 19.9 Å². The van der Waals surface area contributed by atoms with E-state index in [4.69, 9.17) is 16.3 Å². The van der Waals surface area contributed by atoms with Crippen molar-refractivity contribution in [2.75, 3.05) is 13.7 Å². The van der Waals surface area contributed by atoms with Crippen LogP contribution in [-0.4, -0.2) is 24.7 Å². The maximum Gasteiger partial charge on any atom is 0.138 e. The second-order valence-corrected chi connectivity index (χ2v) is 3.64. The van der Waals surface area contributed by atoms with E-state index in [2.05, 4.69) is 17.2 Å². The van der Waals surface area contributed by atoms with Crippen LogP contribution in [-0.2, 0) is 0 Å². The van der Waals surface area contributed by atoms with E-state index in [1.165, 1.54) is 0 Å². The zero-order valence-electron chi connectivity index (χ0n) is 8.67. The van der Waals surface area contributed by atoms with Gasteiger partial charge in [0, 0.05) is 6.04 Å². The quantitative estimate of drug-likeness (QED) is 0.779. The number of aryl methyl sites for hydroxylation is 1. The van der Waals surface area contributed by atoms with Crippen molar-refractivity contribution in [1.29, 1.82) is 0 Å². The van der Waals surface area contributed by atoms with Crippen LogP contribution in [0.1, 0.15) is 12.5 Å². The summed E-state index contributed by atoms with van der Waals surface area (Å²) in [5.41, 5.74) is 0.932. The summed E-state index contributed by atoms with van der Waals surface area (Å²) < 4.78 is 5.51. The SMILES string of the molecule is CNC(C)COc1cnc(Cl)c(C)c1. The Morgan fingerprint density at radius 2 is 2.36 bits per heavy atom. The zero-order valence-corrected chi connectivity index (χ0v) is 9.43. The Morgan fingerprint density at radius 3 is 2.93 bits per heavy atom. The van der Waals surface area contributed by atoms with Gasteiger partial charge in [-0.3, -0.25) is 0 Å². The van der Waals surface area contributed by atoms with Crippen LogP contribution in [0.25, 0.3) is 0 Å². The fourth-order valence-corrected chi connectivity index (χ4v) is 1.02. The number of hydrogen-bond acceptors (Lipinski definition) is 3. The maximum absolute atomic E-state index is 5.79. The molecule has 0 aliphatic heterocycles. The highest BCUT2D eigenvalue weighted by atomic mass is 35.5. The molecule has 3 nitrogen and oxygen atoms in total. The average Bonchev–Trinajstić information content (AvgIpc) is 2.19. The lowest BCUT2D eigenvalue weighted by Gasteiger charge is -2.12. The van der Waals surface area contributed by atoms with E-state index in [0.29, 0.717) is 17.8 Å². The molecule has 1 heterocycles. The number of pyridine rings is 1. The van der Waals surface area contributed by atoms with Crippen LogP contribution in [0.3, 0.4) is 0 Å². The molecule has 0 fully saturated rings. The van der Waals surface area contributed by atoms with Crippen molar-refractivity contribution < 1.29 is 4.74 Å². The monoisotopic (exact) mass is 214 g/mol. The molecule has 14 heavy (non-hydrogen) atoms. The summed E-state index contributed by atoms with van der Waals surface area (Å²) in [4.78, 5) is 4.00. The Balaban J connectivity index is 2.55. The topological polar surface area (TPSA) is 34.1 Å². The van der Waals surface area contributed by atoms with Crippen molar-refractivity contribution in [1.82, 2.24) is 10.3 Å². The smallest absolute Gasteiger partial charge is 0.138 e. The van der Waals surface area contributed by atoms with Gasteiger partial charge in [0.1, 0.15) is 17.5 Å². The van der Waals surface area contributed by atoms with Crippen LogP contribution in [0.5, 0.6) is 5.75 Å². The molecule has 1 aromatic heterocycles. The van der Waals surface area contributed by atoms with E-state index in [-0.39, 0.29) is 0 Å². The molecule has 1 atom stereocenters. The van der Waals surface area contributed by atoms with E-state index < -0.39 is 0 Å². The second kappa shape index (κ2) is 5.17. The molecule has 0 spiro atoms. The van der Waals surface area contributed by atoms with Crippen molar-refractivity contribution in [3.05, 3.63) is 23.0 Å². The summed E-state index contributed by atoms with van der Waals surface area (Å²) >= 11 is 5.79. The lowest BCUT2D eigenvalue weighted by molar-refractivity contribution is 0.279. The van der Waals surface area contributed by atoms with Gasteiger partial charge in [0.25, 0.3) is 0 Å². The van der Waals surface area contributed by atoms with Gasteiger partial charge in [-0.05, 0) is 32.5 Å². The van der Waals surface area contributed by atoms with Gasteiger partial charge >= 0.3 is 0 Å². The molecule has 0 saturated carbocycles. The standard InChI is InChI=1S/C10H15ClN2O/c1-7-4-9(5-13-10(7)11)14-6-8(2)12-3/h4-5,8,12H,6H2,1-3H3. The lowest BCUT2D eigenvalue weighted by atomic mass is 10.3. The maximum atomic E-state index is 5.79. The first-order chi connectivity index (χ1) is 6.63. The van der Waals surface area contributed by atoms with E-state index in [1.807, 2.05) is 20.0 Å². The van der Waals surface area contributed by atoms with Crippen LogP contribution in [0.4, 0.5) is 0 Å². The number of hydrogen-bond donors (Lipinski definition) is 1. The highest BCUT2D eigenvalue weighted by molar-refractivity contribution is 6.30. The van der Waals surface area contributed by atoms with E-state index in [1.54, 1.807) is 6.20 Å². The molecule has 78 valence electrons. The molecule has 1 rings (SSSR count). The minimum atomic E-state index is 0.325. The first kappa shape index (κ1) is 11.3. The molecule has 1 aromatic rings. The number of likely N-dealkylation sites (N-methyl/N-ethyl adjacent to an activating group) is 1. The van der Waals surface area contributed by atoms with Gasteiger partial charge in [-0.2, -0.15) is 0 Å². The third kappa shape index (κ3) is 3.16. The average molecular weight is 215 g/mol. The van der Waals surface area contributed by atoms with Gasteiger partial charge in [-0.1, -0.05) is 11.6 Å². The largest absolute Gasteiger partial charge is 0.490 e. The molecule has 0 saturated heterocycles. The number of ether oxygens (including phenoxy) is 1. The number of nitrogens with one attached hydrogen (secondary N) is 1. The molecule has 0 aromatic carbocycles. The highest BCUT2D eigenvalue weighted by Crippen LogP contribution is 2.17. The van der Waals surface area contributed by atoms with Crippen molar-refractivity contribution in [3.63, 3.8) is 0 Å². The Morgan fingerprint density at radius 1 is 1.64 bits per heavy atom. The summed E-state index contributed by atoms with van der Waals surface area (Å²) in [6, 6.07) is 2.21. The summed E-state index contributed by atoms with van der Waals surface area (Å²) in [5.74, 6) is 0.758. The first-order valence-electron chi connectivity index (χ1n) is 4.55. The molecule has 0 radical (unpaired) electrons. The number of nitrogens with zero attached hydrogens (tertiary/aromatic N) is 1. The number of halogens is 1. The summed E-state index contributed by atoms with van der Waals surface area (Å²) in [6.45, 7) is 4.58. The third-order valence-electron chi connectivity index (χ3n) is 1.98. The molecular weight excluding hydrogens is 200 g/mol. The normalized spacial score (nSPS) is 12.6. The molecule has 1 N–H and O–H groups in total. The van der Waals surface area contributed by atoms with Crippen LogP contribution < -0.4 is 10.1 Å². The molecule has 4 heteroatoms. The molecular formula is C10H15ClN2O. The number of rotatable bonds is 4. The Kier molecular flexibility index (Phi) is 4.17. The van der Waals surface area contributed by atoms with Crippen LogP contribution in [0, 0.1) is 6.92 Å². The minimum absolute atomic E-state index is 0.325. The van der Waals surface area contributed by atoms with Crippen LogP contribution >= 0.6 is 11.6 Å². The summed E-state index contributed by atoms with van der Waals surface area (Å²) in [7, 11) is 1.90. The first-order valence-corrected chi connectivity index (χ1v) is 4.93. The Bertz CT molecular complexity index is 304. The zero-order chi connectivity index (χ0) is 10.6. The summed E-state index contributed by atoms with van der Waals surface area (Å²) in [5, 5.41) is 3.62. The van der Waals surface area contributed by atoms with Crippen molar-refractivity contribution in [3.8, 4) is 5.75 Å². The van der Waals surface area contributed by atoms with Gasteiger partial charge in [-0.25, -0.2) is 4.98 Å². The van der Waals surface area contributed by atoms with Crippen molar-refractivity contribution >= 4 is 11.6 Å². The van der Waals surface area contributed by atoms with Gasteiger partial charge < -0.3 is 10.1 Å². The number of aromatic nitrogens is 1. The van der Waals surface area contributed by atoms with E-state index >= 15 is 0 Å². The predicted octanol–water partition coefficient (Wildman–Crippen LogP) is 2.03. The van der Waals surface area contributed by atoms with Gasteiger partial charge in [0.05, 0.1) is 6.20 Å². The predicted molar refractivity (Wildman–Crippen MR) is 58.0 cm³/mol. The Labute approximate surface area is 89.4 Å². The molecule has 0 bridgehead atoms. The van der Waals surface area contributed by atoms with Gasteiger partial charge in [0.15, 0.2) is 0 Å². The summed E-state index contributed by atoms with van der Waals surface area (Å²) in [6.07, 6.45) is 1.64. The minimum Gasteiger partial charge on any atom is -0.490 e. The fourth-order valence-electron chi connectivity index (χ4n) is 0.916. The van der Waals surface area contributed by atoms with Gasteiger partial charge in [0.2, 0.25) is 0 Å². The van der Waals surface area contributed by atoms with Gasteiger partial charge in [-0.15, -0.1) is 0 Å². The van der Waals surface area contributed by atoms with Crippen LogP contribution in [0.15, 0.2) is 12.3 Å². The van der Waals surface area contributed by atoms with Crippen LogP contribution in [0.2, 0.25) is 5.15 Å². The Hall–Kier alpha value is -0.800. The van der Waals surface area contributed by atoms with Crippen molar-refractivity contribution in [2.24, 2.45) is 0 Å². The molecule has 1 unspecified atom stereocenters. The fraction of sp³-hybridized carbons (Fsp3) is 0.500. The lowest BCUT2D eigenvalue weighted by Crippen LogP contribution is -2.28. The molecule has 0 aliphatic carbocycles. The highest BCUT2D eigenvalue weighted by Gasteiger charge is 2.02. The van der Waals surface area contributed by atoms with E-state index in [9.17, 15) is 0 Å².